The highest BCUT2D eigenvalue weighted by molar-refractivity contribution is 6.30. The first kappa shape index (κ1) is 29.6. The number of esters is 1. The molecular formula is C32H34Cl2N2O4. The Balaban J connectivity index is 1.71. The van der Waals surface area contributed by atoms with Crippen LogP contribution in [-0.4, -0.2) is 34.8 Å². The van der Waals surface area contributed by atoms with Crippen LogP contribution in [0.15, 0.2) is 72.8 Å². The van der Waals surface area contributed by atoms with Crippen molar-refractivity contribution in [2.24, 2.45) is 0 Å². The minimum Gasteiger partial charge on any atom is -0.460 e. The lowest BCUT2D eigenvalue weighted by Crippen LogP contribution is -2.44. The Kier molecular flexibility index (Phi) is 9.22. The summed E-state index contributed by atoms with van der Waals surface area (Å²) in [6.45, 7) is 7.77. The summed E-state index contributed by atoms with van der Waals surface area (Å²) in [6.07, 6.45) is 1.36. The van der Waals surface area contributed by atoms with E-state index in [1.807, 2.05) is 45.9 Å². The predicted molar refractivity (Wildman–Crippen MR) is 159 cm³/mol. The number of hydrogen-bond donors (Lipinski definition) is 0. The second kappa shape index (κ2) is 12.4. The van der Waals surface area contributed by atoms with E-state index < -0.39 is 17.7 Å². The zero-order chi connectivity index (χ0) is 29.0. The van der Waals surface area contributed by atoms with Crippen LogP contribution in [0.4, 0.5) is 5.69 Å². The monoisotopic (exact) mass is 580 g/mol. The van der Waals surface area contributed by atoms with Gasteiger partial charge in [-0.05, 0) is 88.1 Å². The summed E-state index contributed by atoms with van der Waals surface area (Å²) < 4.78 is 5.43. The first-order chi connectivity index (χ1) is 19.0. The van der Waals surface area contributed by atoms with E-state index in [1.54, 1.807) is 64.4 Å². The lowest BCUT2D eigenvalue weighted by molar-refractivity contribution is -0.154. The molecule has 0 unspecified atom stereocenters. The molecule has 0 spiro atoms. The van der Waals surface area contributed by atoms with Gasteiger partial charge in [-0.1, -0.05) is 59.6 Å². The molecule has 0 radical (unpaired) electrons. The van der Waals surface area contributed by atoms with Gasteiger partial charge >= 0.3 is 5.97 Å². The van der Waals surface area contributed by atoms with Gasteiger partial charge in [-0.25, -0.2) is 0 Å². The maximum absolute atomic E-state index is 14.4. The lowest BCUT2D eigenvalue weighted by Gasteiger charge is -2.36. The molecule has 0 aliphatic carbocycles. The van der Waals surface area contributed by atoms with E-state index in [2.05, 4.69) is 0 Å². The van der Waals surface area contributed by atoms with Crippen molar-refractivity contribution in [1.29, 1.82) is 0 Å². The molecule has 0 bridgehead atoms. The Morgan fingerprint density at radius 2 is 1.50 bits per heavy atom. The number of carbonyl (C=O) groups excluding carboxylic acids is 3. The van der Waals surface area contributed by atoms with Crippen LogP contribution in [-0.2, 0) is 14.3 Å². The third kappa shape index (κ3) is 6.86. The van der Waals surface area contributed by atoms with Crippen molar-refractivity contribution in [3.05, 3.63) is 99.5 Å². The molecule has 0 saturated heterocycles. The molecule has 40 heavy (non-hydrogen) atoms. The zero-order valence-electron chi connectivity index (χ0n) is 23.2. The molecule has 2 atom stereocenters. The molecule has 6 nitrogen and oxygen atoms in total. The van der Waals surface area contributed by atoms with Crippen molar-refractivity contribution in [2.75, 3.05) is 11.4 Å². The molecule has 8 heteroatoms. The fourth-order valence-electron chi connectivity index (χ4n) is 4.94. The average molecular weight is 582 g/mol. The van der Waals surface area contributed by atoms with E-state index in [0.717, 1.165) is 5.56 Å². The summed E-state index contributed by atoms with van der Waals surface area (Å²) in [7, 11) is 0. The second-order valence-electron chi connectivity index (χ2n) is 10.9. The van der Waals surface area contributed by atoms with E-state index >= 15 is 0 Å². The van der Waals surface area contributed by atoms with Crippen molar-refractivity contribution in [1.82, 2.24) is 4.90 Å². The molecule has 1 heterocycles. The van der Waals surface area contributed by atoms with E-state index in [4.69, 9.17) is 27.9 Å². The molecule has 2 amide bonds. The number of hydrogen-bond acceptors (Lipinski definition) is 4. The maximum atomic E-state index is 14.4. The molecular weight excluding hydrogens is 547 g/mol. The molecule has 4 rings (SSSR count). The highest BCUT2D eigenvalue weighted by Crippen LogP contribution is 2.40. The van der Waals surface area contributed by atoms with Gasteiger partial charge in [-0.15, -0.1) is 0 Å². The van der Waals surface area contributed by atoms with Crippen LogP contribution in [0.5, 0.6) is 0 Å². The van der Waals surface area contributed by atoms with Crippen LogP contribution in [0.3, 0.4) is 0 Å². The van der Waals surface area contributed by atoms with Crippen LogP contribution in [0.25, 0.3) is 0 Å². The van der Waals surface area contributed by atoms with E-state index in [-0.39, 0.29) is 24.2 Å². The van der Waals surface area contributed by atoms with Gasteiger partial charge in [0.05, 0.1) is 17.3 Å². The van der Waals surface area contributed by atoms with Gasteiger partial charge in [-0.2, -0.15) is 0 Å². The summed E-state index contributed by atoms with van der Waals surface area (Å²) in [5.74, 6) is -0.742. The minimum absolute atomic E-state index is 0.223. The van der Waals surface area contributed by atoms with E-state index in [1.165, 1.54) is 0 Å². The van der Waals surface area contributed by atoms with Gasteiger partial charge in [0.2, 0.25) is 0 Å². The first-order valence-electron chi connectivity index (χ1n) is 13.4. The van der Waals surface area contributed by atoms with Gasteiger partial charge in [0.25, 0.3) is 11.8 Å². The third-order valence-electron chi connectivity index (χ3n) is 6.83. The number of anilines is 1. The quantitative estimate of drug-likeness (QED) is 0.201. The van der Waals surface area contributed by atoms with Crippen LogP contribution in [0.1, 0.15) is 80.5 Å². The summed E-state index contributed by atoms with van der Waals surface area (Å²) in [5, 5.41) is 1.13. The van der Waals surface area contributed by atoms with Crippen molar-refractivity contribution in [2.45, 2.75) is 64.6 Å². The number of unbranched alkanes of at least 4 members (excludes halogenated alkanes) is 1. The van der Waals surface area contributed by atoms with Gasteiger partial charge in [-0.3, -0.25) is 14.4 Å². The fourth-order valence-corrected chi connectivity index (χ4v) is 5.20. The van der Waals surface area contributed by atoms with Crippen molar-refractivity contribution >= 4 is 46.7 Å². The normalized spacial score (nSPS) is 16.4. The van der Waals surface area contributed by atoms with Crippen LogP contribution < -0.4 is 4.90 Å². The summed E-state index contributed by atoms with van der Waals surface area (Å²) in [5.41, 5.74) is 1.97. The number of fused-ring (bicyclic) bond motifs is 1. The smallest absolute Gasteiger partial charge is 0.306 e. The number of ether oxygens (including phenoxy) is 1. The molecule has 3 aromatic carbocycles. The van der Waals surface area contributed by atoms with Crippen LogP contribution in [0, 0.1) is 0 Å². The summed E-state index contributed by atoms with van der Waals surface area (Å²) >= 11 is 12.3. The highest BCUT2D eigenvalue weighted by atomic mass is 35.5. The number of para-hydroxylation sites is 1. The molecule has 0 fully saturated rings. The van der Waals surface area contributed by atoms with Crippen LogP contribution in [0.2, 0.25) is 10.0 Å². The molecule has 3 aromatic rings. The molecule has 210 valence electrons. The lowest BCUT2D eigenvalue weighted by atomic mass is 9.98. The largest absolute Gasteiger partial charge is 0.460 e. The standard InChI is InChI=1S/C32H34Cl2N2O4/c1-21(22-12-16-24(33)17-13-22)36-29(23-14-18-25(34)19-15-23)31(39)35(27-10-6-5-9-26(27)30(36)38)20-8-7-11-28(37)40-32(2,3)4/h5-6,9-10,12-19,21,29H,7-8,11,20H2,1-4H3/t21-,29+/m1/s1. The number of halogens is 2. The number of nitrogens with zero attached hydrogens (tertiary/aromatic N) is 2. The van der Waals surface area contributed by atoms with Crippen molar-refractivity contribution in [3.8, 4) is 0 Å². The van der Waals surface area contributed by atoms with Gasteiger partial charge in [0.1, 0.15) is 11.6 Å². The number of benzene rings is 3. The first-order valence-corrected chi connectivity index (χ1v) is 14.2. The van der Waals surface area contributed by atoms with Crippen LogP contribution >= 0.6 is 23.2 Å². The van der Waals surface area contributed by atoms with Gasteiger partial charge < -0.3 is 14.5 Å². The Morgan fingerprint density at radius 1 is 0.900 bits per heavy atom. The van der Waals surface area contributed by atoms with E-state index in [9.17, 15) is 14.4 Å². The van der Waals surface area contributed by atoms with Crippen molar-refractivity contribution in [3.63, 3.8) is 0 Å². The third-order valence-corrected chi connectivity index (χ3v) is 7.33. The van der Waals surface area contributed by atoms with Gasteiger partial charge in [0, 0.05) is 23.0 Å². The predicted octanol–water partition coefficient (Wildman–Crippen LogP) is 7.80. The van der Waals surface area contributed by atoms with Crippen molar-refractivity contribution < 1.29 is 19.1 Å². The molecule has 1 aliphatic heterocycles. The Labute approximate surface area is 245 Å². The topological polar surface area (TPSA) is 66.9 Å². The highest BCUT2D eigenvalue weighted by Gasteiger charge is 2.42. The SMILES string of the molecule is C[C@H](c1ccc(Cl)cc1)N1C(=O)c2ccccc2N(CCCCC(=O)OC(C)(C)C)C(=O)[C@@H]1c1ccc(Cl)cc1. The molecule has 0 saturated carbocycles. The fraction of sp³-hybridized carbons (Fsp3) is 0.344. The maximum Gasteiger partial charge on any atom is 0.306 e. The number of rotatable bonds is 8. The second-order valence-corrected chi connectivity index (χ2v) is 11.8. The van der Waals surface area contributed by atoms with E-state index in [0.29, 0.717) is 46.2 Å². The number of amides is 2. The van der Waals surface area contributed by atoms with Gasteiger partial charge in [0.15, 0.2) is 0 Å². The average Bonchev–Trinajstić information content (AvgIpc) is 2.99. The minimum atomic E-state index is -0.895. The Hall–Kier alpha value is -3.35. The number of carbonyl (C=O) groups is 3. The Bertz CT molecular complexity index is 1370. The Morgan fingerprint density at radius 3 is 2.12 bits per heavy atom. The molecule has 0 aromatic heterocycles. The molecule has 0 N–H and O–H groups in total. The summed E-state index contributed by atoms with van der Waals surface area (Å²) in [6, 6.07) is 20.2. The molecule has 1 aliphatic rings. The summed E-state index contributed by atoms with van der Waals surface area (Å²) in [4.78, 5) is 44.2. The zero-order valence-corrected chi connectivity index (χ0v) is 24.7.